The summed E-state index contributed by atoms with van der Waals surface area (Å²) in [6.45, 7) is 0. The lowest BCUT2D eigenvalue weighted by Gasteiger charge is -2.32. The maximum absolute atomic E-state index is 13.8. The Labute approximate surface area is 193 Å². The molecule has 7 nitrogen and oxygen atoms in total. The van der Waals surface area contributed by atoms with E-state index in [9.17, 15) is 9.59 Å². The van der Waals surface area contributed by atoms with Gasteiger partial charge in [-0.2, -0.15) is 0 Å². The maximum Gasteiger partial charge on any atom is 0.294 e. The van der Waals surface area contributed by atoms with Gasteiger partial charge >= 0.3 is 0 Å². The van der Waals surface area contributed by atoms with Crippen LogP contribution < -0.4 is 19.7 Å². The first-order chi connectivity index (χ1) is 16.1. The molecule has 1 N–H and O–H groups in total. The van der Waals surface area contributed by atoms with E-state index >= 15 is 0 Å². The van der Waals surface area contributed by atoms with Crippen molar-refractivity contribution in [3.63, 3.8) is 0 Å². The van der Waals surface area contributed by atoms with E-state index in [4.69, 9.17) is 13.9 Å². The molecule has 3 aromatic rings. The van der Waals surface area contributed by atoms with Crippen molar-refractivity contribution < 1.29 is 23.5 Å². The molecule has 0 spiro atoms. The fourth-order valence-corrected chi connectivity index (χ4v) is 4.37. The molecular formula is C26H28N2O5. The lowest BCUT2D eigenvalue weighted by molar-refractivity contribution is -0.123. The molecule has 1 aromatic heterocycles. The van der Waals surface area contributed by atoms with Crippen molar-refractivity contribution in [2.75, 3.05) is 19.1 Å². The van der Waals surface area contributed by atoms with Gasteiger partial charge < -0.3 is 19.2 Å². The van der Waals surface area contributed by atoms with Crippen molar-refractivity contribution in [1.82, 2.24) is 5.32 Å². The second-order valence-electron chi connectivity index (χ2n) is 7.96. The average molecular weight is 449 g/mol. The minimum atomic E-state index is -1.00. The van der Waals surface area contributed by atoms with Gasteiger partial charge in [-0.3, -0.25) is 14.5 Å². The van der Waals surface area contributed by atoms with E-state index in [1.165, 1.54) is 25.4 Å². The van der Waals surface area contributed by atoms with E-state index in [-0.39, 0.29) is 17.7 Å². The first-order valence-electron chi connectivity index (χ1n) is 11.1. The number of para-hydroxylation sites is 2. The first-order valence-corrected chi connectivity index (χ1v) is 11.1. The Morgan fingerprint density at radius 1 is 0.970 bits per heavy atom. The highest BCUT2D eigenvalue weighted by Gasteiger charge is 2.38. The molecule has 0 aliphatic heterocycles. The van der Waals surface area contributed by atoms with E-state index in [1.54, 1.807) is 42.5 Å². The van der Waals surface area contributed by atoms with Gasteiger partial charge in [0, 0.05) is 17.3 Å². The summed E-state index contributed by atoms with van der Waals surface area (Å²) in [5, 5.41) is 3.16. The number of hydrogen-bond donors (Lipinski definition) is 1. The van der Waals surface area contributed by atoms with Crippen LogP contribution in [0.15, 0.2) is 71.3 Å². The molecular weight excluding hydrogens is 420 g/mol. The first kappa shape index (κ1) is 22.5. The zero-order valence-electron chi connectivity index (χ0n) is 18.8. The third kappa shape index (κ3) is 4.72. The second kappa shape index (κ2) is 10.3. The second-order valence-corrected chi connectivity index (χ2v) is 7.96. The number of methoxy groups -OCH3 is 2. The van der Waals surface area contributed by atoms with Crippen molar-refractivity contribution in [1.29, 1.82) is 0 Å². The maximum atomic E-state index is 13.8. The summed E-state index contributed by atoms with van der Waals surface area (Å²) < 4.78 is 16.6. The Balaban J connectivity index is 1.87. The predicted molar refractivity (Wildman–Crippen MR) is 125 cm³/mol. The normalized spacial score (nSPS) is 14.5. The molecule has 7 heteroatoms. The smallest absolute Gasteiger partial charge is 0.294 e. The Hall–Kier alpha value is -3.74. The molecule has 0 radical (unpaired) electrons. The Morgan fingerprint density at radius 2 is 1.73 bits per heavy atom. The Kier molecular flexibility index (Phi) is 6.98. The zero-order valence-corrected chi connectivity index (χ0v) is 18.8. The quantitative estimate of drug-likeness (QED) is 0.538. The summed E-state index contributed by atoms with van der Waals surface area (Å²) >= 11 is 0. The van der Waals surface area contributed by atoms with Gasteiger partial charge in [0.1, 0.15) is 6.04 Å². The number of rotatable bonds is 8. The highest BCUT2D eigenvalue weighted by atomic mass is 16.5. The van der Waals surface area contributed by atoms with Gasteiger partial charge in [0.2, 0.25) is 5.91 Å². The monoisotopic (exact) mass is 448 g/mol. The summed E-state index contributed by atoms with van der Waals surface area (Å²) in [5.41, 5.74) is 1.09. The van der Waals surface area contributed by atoms with Crippen LogP contribution in [0.25, 0.3) is 0 Å². The van der Waals surface area contributed by atoms with Crippen LogP contribution in [0.5, 0.6) is 11.5 Å². The van der Waals surface area contributed by atoms with E-state index in [0.717, 1.165) is 25.7 Å². The van der Waals surface area contributed by atoms with Crippen molar-refractivity contribution in [2.24, 2.45) is 0 Å². The highest BCUT2D eigenvalue weighted by molar-refractivity contribution is 6.09. The van der Waals surface area contributed by atoms with Crippen molar-refractivity contribution in [3.05, 3.63) is 78.3 Å². The van der Waals surface area contributed by atoms with E-state index in [1.807, 2.05) is 18.2 Å². The van der Waals surface area contributed by atoms with Crippen LogP contribution in [-0.4, -0.2) is 32.1 Å². The fraction of sp³-hybridized carbons (Fsp3) is 0.308. The minimum Gasteiger partial charge on any atom is -0.493 e. The molecule has 1 aliphatic rings. The number of nitrogens with zero attached hydrogens (tertiary/aromatic N) is 1. The lowest BCUT2D eigenvalue weighted by atomic mass is 10.00. The van der Waals surface area contributed by atoms with Gasteiger partial charge in [-0.25, -0.2) is 0 Å². The average Bonchev–Trinajstić information content (AvgIpc) is 3.56. The van der Waals surface area contributed by atoms with Crippen LogP contribution in [0.2, 0.25) is 0 Å². The molecule has 2 aromatic carbocycles. The van der Waals surface area contributed by atoms with Gasteiger partial charge in [-0.15, -0.1) is 0 Å². The molecule has 0 saturated heterocycles. The molecule has 1 heterocycles. The number of hydrogen-bond acceptors (Lipinski definition) is 5. The van der Waals surface area contributed by atoms with Crippen molar-refractivity contribution in [2.45, 2.75) is 37.8 Å². The highest BCUT2D eigenvalue weighted by Crippen LogP contribution is 2.39. The van der Waals surface area contributed by atoms with Gasteiger partial charge in [0.25, 0.3) is 5.91 Å². The topological polar surface area (TPSA) is 81.0 Å². The number of nitrogens with one attached hydrogen (secondary N) is 1. The summed E-state index contributed by atoms with van der Waals surface area (Å²) in [7, 11) is 3.06. The summed E-state index contributed by atoms with van der Waals surface area (Å²) in [6.07, 6.45) is 5.43. The van der Waals surface area contributed by atoms with Gasteiger partial charge in [0.15, 0.2) is 17.3 Å². The van der Waals surface area contributed by atoms with Crippen molar-refractivity contribution >= 4 is 17.5 Å². The van der Waals surface area contributed by atoms with Gasteiger partial charge in [0.05, 0.1) is 20.5 Å². The van der Waals surface area contributed by atoms with Crippen LogP contribution >= 0.6 is 0 Å². The molecule has 1 saturated carbocycles. The molecule has 2 amide bonds. The van der Waals surface area contributed by atoms with Crippen LogP contribution in [0, 0.1) is 0 Å². The van der Waals surface area contributed by atoms with E-state index in [0.29, 0.717) is 22.7 Å². The Morgan fingerprint density at radius 3 is 2.36 bits per heavy atom. The number of carbonyl (C=O) groups excluding carboxylic acids is 2. The Bertz CT molecular complexity index is 1080. The molecule has 172 valence electrons. The third-order valence-electron chi connectivity index (χ3n) is 5.92. The molecule has 0 bridgehead atoms. The summed E-state index contributed by atoms with van der Waals surface area (Å²) in [4.78, 5) is 29.0. The standard InChI is InChI=1S/C26H28N2O5/c1-31-21-15-8-14-20(24(21)32-2)23(25(29)27-18-10-6-7-11-18)28(19-12-4-3-5-13-19)26(30)22-16-9-17-33-22/h3-5,8-9,12-18,23H,6-7,10-11H2,1-2H3,(H,27,29)/t23-/m0/s1. The number of furan rings is 1. The predicted octanol–water partition coefficient (Wildman–Crippen LogP) is 4.74. The van der Waals surface area contributed by atoms with Crippen LogP contribution in [0.1, 0.15) is 47.8 Å². The lowest BCUT2D eigenvalue weighted by Crippen LogP contribution is -2.46. The van der Waals surface area contributed by atoms with Crippen LogP contribution in [-0.2, 0) is 4.79 Å². The molecule has 4 rings (SSSR count). The summed E-state index contributed by atoms with van der Waals surface area (Å²) in [5.74, 6) is 0.311. The largest absolute Gasteiger partial charge is 0.493 e. The van der Waals surface area contributed by atoms with E-state index < -0.39 is 11.9 Å². The zero-order chi connectivity index (χ0) is 23.2. The SMILES string of the molecule is COc1cccc([C@@H](C(=O)NC2CCCC2)N(C(=O)c2ccco2)c2ccccc2)c1OC. The molecule has 1 atom stereocenters. The summed E-state index contributed by atoms with van der Waals surface area (Å²) in [6, 6.07) is 16.7. The van der Waals surface area contributed by atoms with Crippen LogP contribution in [0.4, 0.5) is 5.69 Å². The number of amides is 2. The number of benzene rings is 2. The van der Waals surface area contributed by atoms with Gasteiger partial charge in [-0.1, -0.05) is 43.2 Å². The molecule has 1 aliphatic carbocycles. The van der Waals surface area contributed by atoms with Crippen molar-refractivity contribution in [3.8, 4) is 11.5 Å². The third-order valence-corrected chi connectivity index (χ3v) is 5.92. The van der Waals surface area contributed by atoms with Gasteiger partial charge in [-0.05, 0) is 43.2 Å². The number of anilines is 1. The molecule has 0 unspecified atom stereocenters. The van der Waals surface area contributed by atoms with E-state index in [2.05, 4.69) is 5.32 Å². The molecule has 33 heavy (non-hydrogen) atoms. The fourth-order valence-electron chi connectivity index (χ4n) is 4.37. The number of ether oxygens (including phenoxy) is 2. The van der Waals surface area contributed by atoms with Crippen LogP contribution in [0.3, 0.4) is 0 Å². The number of carbonyl (C=O) groups is 2. The minimum absolute atomic E-state index is 0.0768. The molecule has 1 fully saturated rings.